The Bertz CT molecular complexity index is 300. The maximum absolute atomic E-state index is 10.7. The summed E-state index contributed by atoms with van der Waals surface area (Å²) in [5.41, 5.74) is 0. The molecule has 2 rings (SSSR count). The van der Waals surface area contributed by atoms with Crippen molar-refractivity contribution in [2.45, 2.75) is 12.6 Å². The topological polar surface area (TPSA) is 55.3 Å². The summed E-state index contributed by atoms with van der Waals surface area (Å²) in [6.07, 6.45) is 4.39. The van der Waals surface area contributed by atoms with Crippen molar-refractivity contribution in [3.63, 3.8) is 0 Å². The first kappa shape index (κ1) is 9.08. The first-order valence-electron chi connectivity index (χ1n) is 4.52. The van der Waals surface area contributed by atoms with E-state index in [-0.39, 0.29) is 0 Å². The molecule has 74 valence electrons. The molecule has 2 heterocycles. The summed E-state index contributed by atoms with van der Waals surface area (Å²) in [4.78, 5) is 20.3. The second-order valence-electron chi connectivity index (χ2n) is 3.08. The van der Waals surface area contributed by atoms with E-state index in [1.165, 1.54) is 6.33 Å². The van der Waals surface area contributed by atoms with Crippen LogP contribution in [0.5, 0.6) is 5.88 Å². The Kier molecular flexibility index (Phi) is 2.69. The number of ether oxygens (including phenoxy) is 1. The van der Waals surface area contributed by atoms with Gasteiger partial charge < -0.3 is 4.74 Å². The van der Waals surface area contributed by atoms with Gasteiger partial charge in [-0.1, -0.05) is 0 Å². The van der Waals surface area contributed by atoms with Crippen LogP contribution in [0.3, 0.4) is 0 Å². The highest BCUT2D eigenvalue weighted by Gasteiger charge is 2.25. The third kappa shape index (κ3) is 1.88. The Hall–Kier alpha value is -1.49. The van der Waals surface area contributed by atoms with E-state index in [9.17, 15) is 4.79 Å². The van der Waals surface area contributed by atoms with Gasteiger partial charge in [-0.25, -0.2) is 9.97 Å². The first-order chi connectivity index (χ1) is 6.90. The number of nitrogens with zero attached hydrogens (tertiary/aromatic N) is 3. The lowest BCUT2D eigenvalue weighted by Gasteiger charge is -2.34. The van der Waals surface area contributed by atoms with E-state index in [1.54, 1.807) is 12.3 Å². The molecular weight excluding hydrogens is 182 g/mol. The number of aldehydes is 1. The van der Waals surface area contributed by atoms with Crippen LogP contribution < -0.4 is 4.74 Å². The Morgan fingerprint density at radius 3 is 2.93 bits per heavy atom. The second-order valence-corrected chi connectivity index (χ2v) is 3.08. The van der Waals surface area contributed by atoms with E-state index in [1.807, 2.05) is 4.90 Å². The molecule has 1 unspecified atom stereocenters. The fourth-order valence-corrected chi connectivity index (χ4v) is 1.26. The van der Waals surface area contributed by atoms with Crippen LogP contribution in [0.25, 0.3) is 0 Å². The second kappa shape index (κ2) is 4.15. The van der Waals surface area contributed by atoms with Gasteiger partial charge in [-0.15, -0.1) is 0 Å². The van der Waals surface area contributed by atoms with Gasteiger partial charge in [-0.05, 0) is 6.42 Å². The zero-order valence-corrected chi connectivity index (χ0v) is 7.67. The highest BCUT2D eigenvalue weighted by atomic mass is 16.5. The SMILES string of the molecule is O=CC(Oc1ccncn1)N1CCC1. The van der Waals surface area contributed by atoms with Gasteiger partial charge in [0, 0.05) is 25.4 Å². The largest absolute Gasteiger partial charge is 0.451 e. The first-order valence-corrected chi connectivity index (χ1v) is 4.52. The van der Waals surface area contributed by atoms with Crippen LogP contribution in [0.15, 0.2) is 18.6 Å². The maximum Gasteiger partial charge on any atom is 0.218 e. The number of carbonyl (C=O) groups excluding carboxylic acids is 1. The van der Waals surface area contributed by atoms with Crippen LogP contribution in [0, 0.1) is 0 Å². The predicted octanol–water partition coefficient (Wildman–Crippen LogP) is 0.0861. The van der Waals surface area contributed by atoms with Crippen molar-refractivity contribution in [2.24, 2.45) is 0 Å². The number of carbonyl (C=O) groups is 1. The van der Waals surface area contributed by atoms with Crippen molar-refractivity contribution in [3.05, 3.63) is 18.6 Å². The van der Waals surface area contributed by atoms with E-state index in [0.717, 1.165) is 25.8 Å². The summed E-state index contributed by atoms with van der Waals surface area (Å²) in [7, 11) is 0. The molecule has 0 saturated carbocycles. The molecule has 1 aliphatic heterocycles. The zero-order valence-electron chi connectivity index (χ0n) is 7.67. The van der Waals surface area contributed by atoms with Crippen molar-refractivity contribution in [1.82, 2.24) is 14.9 Å². The zero-order chi connectivity index (χ0) is 9.80. The molecule has 0 N–H and O–H groups in total. The highest BCUT2D eigenvalue weighted by molar-refractivity contribution is 5.56. The number of hydrogen-bond acceptors (Lipinski definition) is 5. The maximum atomic E-state index is 10.7. The Balaban J connectivity index is 1.97. The van der Waals surface area contributed by atoms with Gasteiger partial charge in [0.15, 0.2) is 6.29 Å². The Morgan fingerprint density at radius 2 is 2.43 bits per heavy atom. The van der Waals surface area contributed by atoms with E-state index in [4.69, 9.17) is 4.74 Å². The molecule has 0 spiro atoms. The van der Waals surface area contributed by atoms with Crippen LogP contribution in [0.4, 0.5) is 0 Å². The van der Waals surface area contributed by atoms with Gasteiger partial charge in [0.05, 0.1) is 0 Å². The summed E-state index contributed by atoms with van der Waals surface area (Å²) >= 11 is 0. The molecule has 1 aromatic heterocycles. The number of hydrogen-bond donors (Lipinski definition) is 0. The van der Waals surface area contributed by atoms with E-state index in [0.29, 0.717) is 5.88 Å². The van der Waals surface area contributed by atoms with Crippen molar-refractivity contribution < 1.29 is 9.53 Å². The molecule has 5 heteroatoms. The van der Waals surface area contributed by atoms with E-state index in [2.05, 4.69) is 9.97 Å². The lowest BCUT2D eigenvalue weighted by Crippen LogP contribution is -2.48. The lowest BCUT2D eigenvalue weighted by atomic mass is 10.2. The summed E-state index contributed by atoms with van der Waals surface area (Å²) < 4.78 is 5.37. The molecule has 0 amide bonds. The van der Waals surface area contributed by atoms with Crippen LogP contribution in [0.2, 0.25) is 0 Å². The van der Waals surface area contributed by atoms with Gasteiger partial charge >= 0.3 is 0 Å². The minimum Gasteiger partial charge on any atom is -0.451 e. The van der Waals surface area contributed by atoms with Gasteiger partial charge in [-0.3, -0.25) is 9.69 Å². The predicted molar refractivity (Wildman–Crippen MR) is 48.7 cm³/mol. The smallest absolute Gasteiger partial charge is 0.218 e. The minimum atomic E-state index is -0.501. The Labute approximate surface area is 81.7 Å². The van der Waals surface area contributed by atoms with Crippen molar-refractivity contribution >= 4 is 6.29 Å². The molecule has 1 atom stereocenters. The van der Waals surface area contributed by atoms with Crippen molar-refractivity contribution in [3.8, 4) is 5.88 Å². The van der Waals surface area contributed by atoms with Crippen molar-refractivity contribution in [2.75, 3.05) is 13.1 Å². The van der Waals surface area contributed by atoms with Gasteiger partial charge in [0.1, 0.15) is 6.33 Å². The van der Waals surface area contributed by atoms with Crippen molar-refractivity contribution in [1.29, 1.82) is 0 Å². The molecule has 5 nitrogen and oxygen atoms in total. The standard InChI is InChI=1S/C9H11N3O2/c13-6-9(12-4-1-5-12)14-8-2-3-10-7-11-8/h2-3,6-7,9H,1,4-5H2. The van der Waals surface area contributed by atoms with Gasteiger partial charge in [0.25, 0.3) is 0 Å². The quantitative estimate of drug-likeness (QED) is 0.634. The molecule has 1 saturated heterocycles. The molecule has 0 aliphatic carbocycles. The summed E-state index contributed by atoms with van der Waals surface area (Å²) in [6.45, 7) is 1.82. The third-order valence-corrected chi connectivity index (χ3v) is 2.16. The number of likely N-dealkylation sites (tertiary alicyclic amines) is 1. The number of rotatable bonds is 4. The van der Waals surface area contributed by atoms with E-state index < -0.39 is 6.23 Å². The molecule has 1 aliphatic rings. The lowest BCUT2D eigenvalue weighted by molar-refractivity contribution is -0.125. The monoisotopic (exact) mass is 193 g/mol. The molecule has 0 aromatic carbocycles. The van der Waals surface area contributed by atoms with E-state index >= 15 is 0 Å². The van der Waals surface area contributed by atoms with Crippen LogP contribution >= 0.6 is 0 Å². The highest BCUT2D eigenvalue weighted by Crippen LogP contribution is 2.13. The average Bonchev–Trinajstić information content (AvgIpc) is 2.15. The minimum absolute atomic E-state index is 0.434. The molecule has 0 radical (unpaired) electrons. The fourth-order valence-electron chi connectivity index (χ4n) is 1.26. The van der Waals surface area contributed by atoms with Crippen LogP contribution in [0.1, 0.15) is 6.42 Å². The molecule has 14 heavy (non-hydrogen) atoms. The summed E-state index contributed by atoms with van der Waals surface area (Å²) in [6, 6.07) is 1.64. The van der Waals surface area contributed by atoms with Gasteiger partial charge in [0.2, 0.25) is 12.1 Å². The van der Waals surface area contributed by atoms with Gasteiger partial charge in [-0.2, -0.15) is 0 Å². The van der Waals surface area contributed by atoms with Crippen LogP contribution in [-0.4, -0.2) is 40.5 Å². The summed E-state index contributed by atoms with van der Waals surface area (Å²) in [5, 5.41) is 0. The summed E-state index contributed by atoms with van der Waals surface area (Å²) in [5.74, 6) is 0.434. The Morgan fingerprint density at radius 1 is 1.57 bits per heavy atom. The van der Waals surface area contributed by atoms with Crippen LogP contribution in [-0.2, 0) is 4.79 Å². The number of aromatic nitrogens is 2. The molecule has 1 fully saturated rings. The molecule has 1 aromatic rings. The normalized spacial score (nSPS) is 18.3. The molecular formula is C9H11N3O2. The average molecular weight is 193 g/mol. The third-order valence-electron chi connectivity index (χ3n) is 2.16. The molecule has 0 bridgehead atoms. The fraction of sp³-hybridized carbons (Fsp3) is 0.444.